The Bertz CT molecular complexity index is 1090. The van der Waals surface area contributed by atoms with Crippen molar-refractivity contribution in [2.45, 2.75) is 31.8 Å². The van der Waals surface area contributed by atoms with Crippen molar-refractivity contribution in [3.8, 4) is 5.75 Å². The maximum atomic E-state index is 13.6. The molecule has 0 radical (unpaired) electrons. The summed E-state index contributed by atoms with van der Waals surface area (Å²) in [5, 5.41) is 16.2. The van der Waals surface area contributed by atoms with Gasteiger partial charge in [0.05, 0.1) is 17.2 Å². The second-order valence-electron chi connectivity index (χ2n) is 7.57. The first kappa shape index (κ1) is 24.9. The maximum Gasteiger partial charge on any atom is 0.416 e. The Labute approximate surface area is 190 Å². The molecule has 1 aliphatic heterocycles. The number of ether oxygens (including phenoxy) is 1. The molecule has 2 N–H and O–H groups in total. The van der Waals surface area contributed by atoms with Crippen LogP contribution in [0.1, 0.15) is 34.5 Å². The second-order valence-corrected chi connectivity index (χ2v) is 7.57. The molecule has 182 valence electrons. The third kappa shape index (κ3) is 5.43. The molecule has 3 atom stereocenters. The van der Waals surface area contributed by atoms with Gasteiger partial charge in [-0.1, -0.05) is 18.2 Å². The van der Waals surface area contributed by atoms with Crippen molar-refractivity contribution in [1.29, 1.82) is 0 Å². The fourth-order valence-electron chi connectivity index (χ4n) is 3.44. The predicted molar refractivity (Wildman–Crippen MR) is 111 cm³/mol. The van der Waals surface area contributed by atoms with Gasteiger partial charge in [-0.2, -0.15) is 18.3 Å². The highest BCUT2D eigenvalue weighted by Gasteiger charge is 2.46. The van der Waals surface area contributed by atoms with E-state index in [0.29, 0.717) is 11.6 Å². The van der Waals surface area contributed by atoms with Crippen molar-refractivity contribution in [3.05, 3.63) is 65.2 Å². The average molecular weight is 485 g/mol. The molecule has 0 spiro atoms. The SMILES string of the molecule is C[C@@H](NC(=O)C1C(C(F)F)=NN(C)C1Oc1cccc(C(F)(F)F)c1)c1ccc(C(=O)O)cc1. The number of nitrogens with zero attached hydrogens (tertiary/aromatic N) is 2. The summed E-state index contributed by atoms with van der Waals surface area (Å²) in [5.74, 6) is -3.90. The van der Waals surface area contributed by atoms with E-state index < -0.39 is 53.9 Å². The monoisotopic (exact) mass is 485 g/mol. The average Bonchev–Trinajstić information content (AvgIpc) is 3.09. The van der Waals surface area contributed by atoms with Gasteiger partial charge >= 0.3 is 12.1 Å². The van der Waals surface area contributed by atoms with Crippen LogP contribution in [0, 0.1) is 5.92 Å². The van der Waals surface area contributed by atoms with Gasteiger partial charge < -0.3 is 15.2 Å². The van der Waals surface area contributed by atoms with Gasteiger partial charge in [0, 0.05) is 7.05 Å². The van der Waals surface area contributed by atoms with Crippen LogP contribution in [0.4, 0.5) is 22.0 Å². The fourth-order valence-corrected chi connectivity index (χ4v) is 3.44. The molecule has 7 nitrogen and oxygen atoms in total. The van der Waals surface area contributed by atoms with Crippen molar-refractivity contribution < 1.29 is 41.4 Å². The van der Waals surface area contributed by atoms with E-state index in [9.17, 15) is 31.5 Å². The lowest BCUT2D eigenvalue weighted by molar-refractivity contribution is -0.138. The third-order valence-electron chi connectivity index (χ3n) is 5.19. The molecular weight excluding hydrogens is 465 g/mol. The lowest BCUT2D eigenvalue weighted by Gasteiger charge is -2.27. The van der Waals surface area contributed by atoms with Crippen LogP contribution in [0.5, 0.6) is 5.75 Å². The summed E-state index contributed by atoms with van der Waals surface area (Å²) in [6.07, 6.45) is -9.18. The summed E-state index contributed by atoms with van der Waals surface area (Å²) in [7, 11) is 1.27. The zero-order chi connectivity index (χ0) is 25.2. The van der Waals surface area contributed by atoms with Crippen LogP contribution < -0.4 is 10.1 Å². The molecule has 2 aromatic rings. The highest BCUT2D eigenvalue weighted by atomic mass is 19.4. The maximum absolute atomic E-state index is 13.6. The van der Waals surface area contributed by atoms with Crippen LogP contribution in [0.2, 0.25) is 0 Å². The predicted octanol–water partition coefficient (Wildman–Crippen LogP) is 4.17. The molecular formula is C22H20F5N3O4. The lowest BCUT2D eigenvalue weighted by atomic mass is 9.99. The van der Waals surface area contributed by atoms with E-state index in [0.717, 1.165) is 17.1 Å². The first-order chi connectivity index (χ1) is 15.9. The number of aromatic carboxylic acids is 1. The highest BCUT2D eigenvalue weighted by Crippen LogP contribution is 2.33. The summed E-state index contributed by atoms with van der Waals surface area (Å²) < 4.78 is 71.9. The van der Waals surface area contributed by atoms with Gasteiger partial charge in [0.1, 0.15) is 17.4 Å². The van der Waals surface area contributed by atoms with Crippen molar-refractivity contribution in [2.24, 2.45) is 11.0 Å². The molecule has 2 aromatic carbocycles. The number of nitrogens with one attached hydrogen (secondary N) is 1. The number of alkyl halides is 5. The fraction of sp³-hybridized carbons (Fsp3) is 0.318. The van der Waals surface area contributed by atoms with Crippen LogP contribution in [0.25, 0.3) is 0 Å². The molecule has 3 rings (SSSR count). The molecule has 1 amide bonds. The van der Waals surface area contributed by atoms with Crippen LogP contribution in [-0.2, 0) is 11.0 Å². The minimum Gasteiger partial charge on any atom is -0.478 e. The summed E-state index contributed by atoms with van der Waals surface area (Å²) in [6.45, 7) is 1.56. The Morgan fingerprint density at radius 2 is 1.79 bits per heavy atom. The summed E-state index contributed by atoms with van der Waals surface area (Å²) >= 11 is 0. The van der Waals surface area contributed by atoms with E-state index in [2.05, 4.69) is 10.4 Å². The third-order valence-corrected chi connectivity index (χ3v) is 5.19. The van der Waals surface area contributed by atoms with Crippen LogP contribution in [0.3, 0.4) is 0 Å². The number of carboxylic acids is 1. The van der Waals surface area contributed by atoms with E-state index in [1.807, 2.05) is 0 Å². The molecule has 0 aromatic heterocycles. The number of carboxylic acid groups (broad SMARTS) is 1. The van der Waals surface area contributed by atoms with E-state index in [4.69, 9.17) is 9.84 Å². The van der Waals surface area contributed by atoms with Crippen molar-refractivity contribution in [2.75, 3.05) is 7.05 Å². The number of rotatable bonds is 7. The first-order valence-corrected chi connectivity index (χ1v) is 9.95. The van der Waals surface area contributed by atoms with Crippen molar-refractivity contribution in [1.82, 2.24) is 10.3 Å². The minimum absolute atomic E-state index is 0.0290. The van der Waals surface area contributed by atoms with Gasteiger partial charge in [-0.05, 0) is 42.8 Å². The quantitative estimate of drug-likeness (QED) is 0.575. The normalized spacial score (nSPS) is 19.1. The van der Waals surface area contributed by atoms with Crippen molar-refractivity contribution >= 4 is 17.6 Å². The second kappa shape index (κ2) is 9.65. The Morgan fingerprint density at radius 1 is 1.15 bits per heavy atom. The summed E-state index contributed by atoms with van der Waals surface area (Å²) in [5.41, 5.74) is -1.25. The van der Waals surface area contributed by atoms with Gasteiger partial charge in [0.25, 0.3) is 6.43 Å². The van der Waals surface area contributed by atoms with E-state index in [-0.39, 0.29) is 11.3 Å². The number of halogens is 5. The molecule has 1 heterocycles. The van der Waals surface area contributed by atoms with Crippen LogP contribution >= 0.6 is 0 Å². The Morgan fingerprint density at radius 3 is 2.35 bits per heavy atom. The molecule has 12 heteroatoms. The van der Waals surface area contributed by atoms with Gasteiger partial charge in [0.15, 0.2) is 0 Å². The topological polar surface area (TPSA) is 91.2 Å². The molecule has 0 aliphatic carbocycles. The molecule has 2 unspecified atom stereocenters. The van der Waals surface area contributed by atoms with Crippen LogP contribution in [0.15, 0.2) is 53.6 Å². The van der Waals surface area contributed by atoms with E-state index >= 15 is 0 Å². The number of carbonyl (C=O) groups is 2. The van der Waals surface area contributed by atoms with Gasteiger partial charge in [-0.3, -0.25) is 9.80 Å². The molecule has 0 bridgehead atoms. The number of amides is 1. The zero-order valence-corrected chi connectivity index (χ0v) is 17.9. The summed E-state index contributed by atoms with van der Waals surface area (Å²) in [4.78, 5) is 24.0. The minimum atomic E-state index is -4.64. The molecule has 34 heavy (non-hydrogen) atoms. The van der Waals surface area contributed by atoms with E-state index in [1.54, 1.807) is 6.92 Å². The number of benzene rings is 2. The smallest absolute Gasteiger partial charge is 0.416 e. The molecule has 0 fully saturated rings. The largest absolute Gasteiger partial charge is 0.478 e. The summed E-state index contributed by atoms with van der Waals surface area (Å²) in [6, 6.07) is 8.73. The number of hydrazone groups is 1. The standard InChI is InChI=1S/C22H20F5N3O4/c1-11(12-6-8-13(9-7-12)21(32)33)28-19(31)16-17(18(23)24)29-30(2)20(16)34-15-5-3-4-14(10-15)22(25,26)27/h3-11,16,18,20H,1-2H3,(H,28,31)(H,32,33)/t11-,16?,20?/m1/s1. The molecule has 0 saturated heterocycles. The Balaban J connectivity index is 1.82. The Kier molecular flexibility index (Phi) is 7.08. The number of hydrogen-bond acceptors (Lipinski definition) is 5. The van der Waals surface area contributed by atoms with Crippen LogP contribution in [-0.4, -0.2) is 47.4 Å². The van der Waals surface area contributed by atoms with Gasteiger partial charge in [0.2, 0.25) is 12.1 Å². The van der Waals surface area contributed by atoms with Gasteiger partial charge in [-0.15, -0.1) is 0 Å². The number of hydrogen-bond donors (Lipinski definition) is 2. The molecule has 1 aliphatic rings. The lowest BCUT2D eigenvalue weighted by Crippen LogP contribution is -2.47. The van der Waals surface area contributed by atoms with E-state index in [1.165, 1.54) is 37.4 Å². The highest BCUT2D eigenvalue weighted by molar-refractivity contribution is 6.07. The number of carbonyl (C=O) groups excluding carboxylic acids is 1. The zero-order valence-electron chi connectivity index (χ0n) is 17.9. The Hall–Kier alpha value is -3.70. The first-order valence-electron chi connectivity index (χ1n) is 9.95. The van der Waals surface area contributed by atoms with Crippen molar-refractivity contribution in [3.63, 3.8) is 0 Å². The molecule has 0 saturated carbocycles. The van der Waals surface area contributed by atoms with Gasteiger partial charge in [-0.25, -0.2) is 13.6 Å².